The smallest absolute Gasteiger partial charge is 0.0418 e. The number of thiophene rings is 1. The molecule has 1 unspecified atom stereocenters. The van der Waals surface area contributed by atoms with Crippen molar-refractivity contribution >= 4 is 17.0 Å². The van der Waals surface area contributed by atoms with Gasteiger partial charge >= 0.3 is 0 Å². The Morgan fingerprint density at radius 1 is 1.37 bits per heavy atom. The number of anilines is 1. The molecule has 1 aromatic heterocycles. The van der Waals surface area contributed by atoms with Crippen LogP contribution in [-0.4, -0.2) is 6.54 Å². The number of hydrogen-bond donors (Lipinski definition) is 2. The molecule has 1 aromatic carbocycles. The molecule has 2 nitrogen and oxygen atoms in total. The van der Waals surface area contributed by atoms with Crippen molar-refractivity contribution in [2.75, 3.05) is 11.9 Å². The molecule has 3 rings (SSSR count). The first kappa shape index (κ1) is 12.7. The molecule has 0 radical (unpaired) electrons. The molecular weight excluding hydrogens is 252 g/mol. The molecule has 0 bridgehead atoms. The highest BCUT2D eigenvalue weighted by molar-refractivity contribution is 7.07. The van der Waals surface area contributed by atoms with Gasteiger partial charge in [0.05, 0.1) is 0 Å². The van der Waals surface area contributed by atoms with Crippen molar-refractivity contribution in [1.82, 2.24) is 5.32 Å². The van der Waals surface area contributed by atoms with Crippen molar-refractivity contribution in [3.8, 4) is 0 Å². The molecule has 2 N–H and O–H groups in total. The predicted molar refractivity (Wildman–Crippen MR) is 82.8 cm³/mol. The highest BCUT2D eigenvalue weighted by atomic mass is 32.1. The summed E-state index contributed by atoms with van der Waals surface area (Å²) in [5, 5.41) is 11.5. The Hall–Kier alpha value is -1.32. The summed E-state index contributed by atoms with van der Waals surface area (Å²) >= 11 is 1.76. The number of para-hydroxylation sites is 1. The van der Waals surface area contributed by atoms with Gasteiger partial charge in [-0.1, -0.05) is 18.2 Å². The lowest BCUT2D eigenvalue weighted by atomic mass is 9.99. The topological polar surface area (TPSA) is 24.1 Å². The van der Waals surface area contributed by atoms with Crippen LogP contribution in [0.4, 0.5) is 5.69 Å². The standard InChI is InChI=1S/C16H20N2S/c1-12(15-7-9-19-11-15)18-10-14-5-2-4-13-6-3-8-17-16(13)14/h2,4-5,7,9,11-12,17-18H,3,6,8,10H2,1H3. The van der Waals surface area contributed by atoms with Gasteiger partial charge in [-0.3, -0.25) is 0 Å². The maximum Gasteiger partial charge on any atom is 0.0418 e. The van der Waals surface area contributed by atoms with Gasteiger partial charge in [-0.15, -0.1) is 0 Å². The maximum atomic E-state index is 3.62. The zero-order valence-corrected chi connectivity index (χ0v) is 12.1. The quantitative estimate of drug-likeness (QED) is 0.880. The molecule has 19 heavy (non-hydrogen) atoms. The van der Waals surface area contributed by atoms with Crippen LogP contribution < -0.4 is 10.6 Å². The normalized spacial score (nSPS) is 15.6. The summed E-state index contributed by atoms with van der Waals surface area (Å²) in [6.07, 6.45) is 2.45. The van der Waals surface area contributed by atoms with E-state index in [0.29, 0.717) is 6.04 Å². The van der Waals surface area contributed by atoms with E-state index in [1.165, 1.54) is 35.2 Å². The molecule has 0 saturated carbocycles. The molecule has 1 aliphatic rings. The number of benzene rings is 1. The van der Waals surface area contributed by atoms with Crippen LogP contribution >= 0.6 is 11.3 Å². The Bertz CT molecular complexity index is 534. The van der Waals surface area contributed by atoms with E-state index >= 15 is 0 Å². The van der Waals surface area contributed by atoms with Crippen molar-refractivity contribution in [3.63, 3.8) is 0 Å². The third kappa shape index (κ3) is 2.82. The van der Waals surface area contributed by atoms with Gasteiger partial charge in [-0.05, 0) is 53.3 Å². The minimum absolute atomic E-state index is 0.408. The van der Waals surface area contributed by atoms with Gasteiger partial charge < -0.3 is 10.6 Å². The molecule has 0 fully saturated rings. The van der Waals surface area contributed by atoms with Crippen LogP contribution in [0.15, 0.2) is 35.0 Å². The first-order valence-corrected chi connectivity index (χ1v) is 7.89. The Morgan fingerprint density at radius 3 is 3.16 bits per heavy atom. The van der Waals surface area contributed by atoms with Crippen molar-refractivity contribution in [2.24, 2.45) is 0 Å². The Labute approximate surface area is 118 Å². The van der Waals surface area contributed by atoms with Crippen LogP contribution in [-0.2, 0) is 13.0 Å². The molecule has 2 heterocycles. The summed E-state index contributed by atoms with van der Waals surface area (Å²) in [6, 6.07) is 9.25. The van der Waals surface area contributed by atoms with E-state index in [4.69, 9.17) is 0 Å². The van der Waals surface area contributed by atoms with Gasteiger partial charge in [0.25, 0.3) is 0 Å². The molecule has 1 aliphatic heterocycles. The van der Waals surface area contributed by atoms with E-state index in [0.717, 1.165) is 13.1 Å². The van der Waals surface area contributed by atoms with Crippen molar-refractivity contribution < 1.29 is 0 Å². The molecule has 2 aromatic rings. The van der Waals surface area contributed by atoms with E-state index in [2.05, 4.69) is 52.6 Å². The lowest BCUT2D eigenvalue weighted by Gasteiger charge is -2.22. The number of fused-ring (bicyclic) bond motifs is 1. The second kappa shape index (κ2) is 5.76. The monoisotopic (exact) mass is 272 g/mol. The minimum atomic E-state index is 0.408. The summed E-state index contributed by atoms with van der Waals surface area (Å²) in [5.41, 5.74) is 5.59. The maximum absolute atomic E-state index is 3.62. The van der Waals surface area contributed by atoms with Crippen LogP contribution in [0.2, 0.25) is 0 Å². The lowest BCUT2D eigenvalue weighted by Crippen LogP contribution is -2.20. The van der Waals surface area contributed by atoms with E-state index < -0.39 is 0 Å². The number of nitrogens with one attached hydrogen (secondary N) is 2. The predicted octanol–water partition coefficient (Wildman–Crippen LogP) is 3.96. The average Bonchev–Trinajstić information content (AvgIpc) is 2.99. The van der Waals surface area contributed by atoms with Gasteiger partial charge in [-0.25, -0.2) is 0 Å². The molecular formula is C16H20N2S. The summed E-state index contributed by atoms with van der Waals surface area (Å²) in [7, 11) is 0. The fourth-order valence-corrected chi connectivity index (χ4v) is 3.38. The van der Waals surface area contributed by atoms with E-state index in [1.54, 1.807) is 11.3 Å². The SMILES string of the molecule is CC(NCc1cccc2c1NCCC2)c1ccsc1. The number of hydrogen-bond acceptors (Lipinski definition) is 3. The molecule has 0 aliphatic carbocycles. The van der Waals surface area contributed by atoms with E-state index in [9.17, 15) is 0 Å². The van der Waals surface area contributed by atoms with Gasteiger partial charge in [0.15, 0.2) is 0 Å². The summed E-state index contributed by atoms with van der Waals surface area (Å²) in [4.78, 5) is 0. The Kier molecular flexibility index (Phi) is 3.85. The first-order chi connectivity index (χ1) is 9.34. The molecule has 0 amide bonds. The third-order valence-electron chi connectivity index (χ3n) is 3.80. The van der Waals surface area contributed by atoms with E-state index in [1.807, 2.05) is 0 Å². The van der Waals surface area contributed by atoms with Gasteiger partial charge in [-0.2, -0.15) is 11.3 Å². The average molecular weight is 272 g/mol. The largest absolute Gasteiger partial charge is 0.385 e. The first-order valence-electron chi connectivity index (χ1n) is 6.95. The molecule has 0 saturated heterocycles. The van der Waals surface area contributed by atoms with Crippen LogP contribution in [0.5, 0.6) is 0 Å². The van der Waals surface area contributed by atoms with Gasteiger partial charge in [0.2, 0.25) is 0 Å². The minimum Gasteiger partial charge on any atom is -0.385 e. The second-order valence-corrected chi connectivity index (χ2v) is 5.92. The second-order valence-electron chi connectivity index (χ2n) is 5.14. The highest BCUT2D eigenvalue weighted by Crippen LogP contribution is 2.26. The summed E-state index contributed by atoms with van der Waals surface area (Å²) in [5.74, 6) is 0. The number of aryl methyl sites for hydroxylation is 1. The summed E-state index contributed by atoms with van der Waals surface area (Å²) < 4.78 is 0. The number of rotatable bonds is 4. The zero-order valence-electron chi connectivity index (χ0n) is 11.3. The fraction of sp³-hybridized carbons (Fsp3) is 0.375. The lowest BCUT2D eigenvalue weighted by molar-refractivity contribution is 0.576. The van der Waals surface area contributed by atoms with Gasteiger partial charge in [0, 0.05) is 24.8 Å². The Balaban J connectivity index is 1.70. The molecule has 1 atom stereocenters. The van der Waals surface area contributed by atoms with Crippen LogP contribution in [0, 0.1) is 0 Å². The third-order valence-corrected chi connectivity index (χ3v) is 4.51. The highest BCUT2D eigenvalue weighted by Gasteiger charge is 2.13. The van der Waals surface area contributed by atoms with Crippen molar-refractivity contribution in [1.29, 1.82) is 0 Å². The van der Waals surface area contributed by atoms with Crippen LogP contribution in [0.1, 0.15) is 36.1 Å². The fourth-order valence-electron chi connectivity index (χ4n) is 2.63. The zero-order chi connectivity index (χ0) is 13.1. The van der Waals surface area contributed by atoms with Crippen molar-refractivity contribution in [3.05, 3.63) is 51.7 Å². The van der Waals surface area contributed by atoms with Gasteiger partial charge in [0.1, 0.15) is 0 Å². The van der Waals surface area contributed by atoms with Crippen LogP contribution in [0.3, 0.4) is 0 Å². The van der Waals surface area contributed by atoms with Crippen molar-refractivity contribution in [2.45, 2.75) is 32.4 Å². The van der Waals surface area contributed by atoms with Crippen LogP contribution in [0.25, 0.3) is 0 Å². The molecule has 3 heteroatoms. The Morgan fingerprint density at radius 2 is 2.32 bits per heavy atom. The molecule has 0 spiro atoms. The van der Waals surface area contributed by atoms with E-state index in [-0.39, 0.29) is 0 Å². The summed E-state index contributed by atoms with van der Waals surface area (Å²) in [6.45, 7) is 4.25. The molecule has 100 valence electrons.